The Labute approximate surface area is 121 Å². The van der Waals surface area contributed by atoms with Crippen LogP contribution in [0.3, 0.4) is 0 Å². The highest BCUT2D eigenvalue weighted by Gasteiger charge is 2.03. The summed E-state index contributed by atoms with van der Waals surface area (Å²) in [5.41, 5.74) is 6.08. The van der Waals surface area contributed by atoms with Crippen molar-refractivity contribution in [3.8, 4) is 5.75 Å². The van der Waals surface area contributed by atoms with Crippen LogP contribution in [-0.4, -0.2) is 22.9 Å². The maximum atomic E-state index is 11.9. The van der Waals surface area contributed by atoms with Gasteiger partial charge in [0, 0.05) is 11.1 Å². The molecule has 1 aromatic carbocycles. The summed E-state index contributed by atoms with van der Waals surface area (Å²) < 4.78 is 6.74. The van der Waals surface area contributed by atoms with E-state index >= 15 is 0 Å². The molecule has 0 saturated heterocycles. The van der Waals surface area contributed by atoms with E-state index in [9.17, 15) is 4.79 Å². The Hall–Kier alpha value is -1.85. The minimum atomic E-state index is -0.213. The summed E-state index contributed by atoms with van der Waals surface area (Å²) in [6.45, 7) is 1.41. The monoisotopic (exact) mass is 293 g/mol. The maximum Gasteiger partial charge on any atom is 0.270 e. The molecule has 0 amide bonds. The van der Waals surface area contributed by atoms with Crippen molar-refractivity contribution in [3.63, 3.8) is 0 Å². The van der Waals surface area contributed by atoms with Gasteiger partial charge in [0.15, 0.2) is 0 Å². The van der Waals surface area contributed by atoms with E-state index in [2.05, 4.69) is 5.10 Å². The molecule has 0 radical (unpaired) electrons. The lowest BCUT2D eigenvalue weighted by Crippen LogP contribution is -2.22. The minimum Gasteiger partial charge on any atom is -0.492 e. The molecule has 0 aliphatic carbocycles. The zero-order valence-corrected chi connectivity index (χ0v) is 11.7. The van der Waals surface area contributed by atoms with Gasteiger partial charge < -0.3 is 10.5 Å². The highest BCUT2D eigenvalue weighted by Crippen LogP contribution is 2.11. The van der Waals surface area contributed by atoms with Crippen LogP contribution in [0, 0.1) is 0 Å². The summed E-state index contributed by atoms with van der Waals surface area (Å²) in [4.78, 5) is 11.9. The van der Waals surface area contributed by atoms with E-state index in [0.29, 0.717) is 30.5 Å². The molecule has 5 nitrogen and oxygen atoms in total. The standard InChI is InChI=1S/C14H16ClN3O2/c15-12-4-1-3-11(7-12)10-18-14(19)8-13(9-17-18)20-6-2-5-16/h1,3-4,7-9H,2,5-6,10,16H2. The molecule has 0 spiro atoms. The van der Waals surface area contributed by atoms with E-state index in [1.165, 1.54) is 16.9 Å². The second-order valence-corrected chi connectivity index (χ2v) is 4.74. The van der Waals surface area contributed by atoms with Crippen LogP contribution in [-0.2, 0) is 6.54 Å². The smallest absolute Gasteiger partial charge is 0.270 e. The van der Waals surface area contributed by atoms with Gasteiger partial charge in [-0.2, -0.15) is 5.10 Å². The summed E-state index contributed by atoms with van der Waals surface area (Å²) in [5.74, 6) is 0.464. The van der Waals surface area contributed by atoms with Gasteiger partial charge in [-0.05, 0) is 30.7 Å². The van der Waals surface area contributed by atoms with Crippen molar-refractivity contribution in [1.29, 1.82) is 0 Å². The number of halogens is 1. The molecule has 2 aromatic rings. The Kier molecular flexibility index (Phi) is 5.15. The first-order chi connectivity index (χ1) is 9.69. The van der Waals surface area contributed by atoms with E-state index in [1.54, 1.807) is 12.1 Å². The van der Waals surface area contributed by atoms with Crippen molar-refractivity contribution < 1.29 is 4.74 Å². The zero-order valence-electron chi connectivity index (χ0n) is 11.0. The van der Waals surface area contributed by atoms with Crippen LogP contribution in [0.2, 0.25) is 5.02 Å². The van der Waals surface area contributed by atoms with Crippen molar-refractivity contribution in [2.75, 3.05) is 13.2 Å². The molecule has 0 saturated carbocycles. The first-order valence-corrected chi connectivity index (χ1v) is 6.71. The van der Waals surface area contributed by atoms with Gasteiger partial charge >= 0.3 is 0 Å². The Balaban J connectivity index is 2.08. The Morgan fingerprint density at radius 1 is 1.35 bits per heavy atom. The predicted octanol–water partition coefficient (Wildman–Crippen LogP) is 1.67. The van der Waals surface area contributed by atoms with Crippen LogP contribution < -0.4 is 16.0 Å². The molecule has 2 rings (SSSR count). The highest BCUT2D eigenvalue weighted by molar-refractivity contribution is 6.30. The average molecular weight is 294 g/mol. The fraction of sp³-hybridized carbons (Fsp3) is 0.286. The zero-order chi connectivity index (χ0) is 14.4. The van der Waals surface area contributed by atoms with Gasteiger partial charge in [0.2, 0.25) is 0 Å². The van der Waals surface area contributed by atoms with E-state index < -0.39 is 0 Å². The number of ether oxygens (including phenoxy) is 1. The topological polar surface area (TPSA) is 70.1 Å². The lowest BCUT2D eigenvalue weighted by atomic mass is 10.2. The largest absolute Gasteiger partial charge is 0.492 e. The van der Waals surface area contributed by atoms with Crippen LogP contribution in [0.25, 0.3) is 0 Å². The molecule has 106 valence electrons. The fourth-order valence-corrected chi connectivity index (χ4v) is 1.91. The van der Waals surface area contributed by atoms with Crippen molar-refractivity contribution in [1.82, 2.24) is 9.78 Å². The van der Waals surface area contributed by atoms with E-state index in [-0.39, 0.29) is 5.56 Å². The van der Waals surface area contributed by atoms with Gasteiger partial charge in [0.1, 0.15) is 5.75 Å². The lowest BCUT2D eigenvalue weighted by molar-refractivity contribution is 0.309. The molecule has 2 N–H and O–H groups in total. The summed E-state index contributed by atoms with van der Waals surface area (Å²) in [6, 6.07) is 8.75. The van der Waals surface area contributed by atoms with Gasteiger partial charge in [0.05, 0.1) is 19.3 Å². The minimum absolute atomic E-state index is 0.213. The second kappa shape index (κ2) is 7.07. The van der Waals surface area contributed by atoms with Crippen molar-refractivity contribution in [2.45, 2.75) is 13.0 Å². The molecule has 0 atom stereocenters. The molecule has 6 heteroatoms. The van der Waals surface area contributed by atoms with Gasteiger partial charge in [0.25, 0.3) is 5.56 Å². The molecule has 1 heterocycles. The maximum absolute atomic E-state index is 11.9. The van der Waals surface area contributed by atoms with Gasteiger partial charge in [-0.1, -0.05) is 23.7 Å². The first-order valence-electron chi connectivity index (χ1n) is 6.33. The Morgan fingerprint density at radius 2 is 2.20 bits per heavy atom. The molecular weight excluding hydrogens is 278 g/mol. The summed E-state index contributed by atoms with van der Waals surface area (Å²) in [6.07, 6.45) is 2.27. The number of aromatic nitrogens is 2. The third-order valence-corrected chi connectivity index (χ3v) is 2.92. The van der Waals surface area contributed by atoms with Crippen LogP contribution >= 0.6 is 11.6 Å². The van der Waals surface area contributed by atoms with Gasteiger partial charge in [-0.15, -0.1) is 0 Å². The third-order valence-electron chi connectivity index (χ3n) is 2.68. The molecule has 0 fully saturated rings. The quantitative estimate of drug-likeness (QED) is 0.823. The van der Waals surface area contributed by atoms with Crippen LogP contribution in [0.1, 0.15) is 12.0 Å². The van der Waals surface area contributed by atoms with E-state index in [1.807, 2.05) is 12.1 Å². The number of benzene rings is 1. The molecule has 1 aromatic heterocycles. The fourth-order valence-electron chi connectivity index (χ4n) is 1.70. The number of nitrogens with zero attached hydrogens (tertiary/aromatic N) is 2. The number of nitrogens with two attached hydrogens (primary N) is 1. The SMILES string of the molecule is NCCCOc1cnn(Cc2cccc(Cl)c2)c(=O)c1. The molecule has 20 heavy (non-hydrogen) atoms. The van der Waals surface area contributed by atoms with Crippen molar-refractivity contribution >= 4 is 11.6 Å². The summed E-state index contributed by atoms with van der Waals surface area (Å²) in [5, 5.41) is 4.72. The Morgan fingerprint density at radius 3 is 2.90 bits per heavy atom. The Bertz CT molecular complexity index is 628. The van der Waals surface area contributed by atoms with Crippen LogP contribution in [0.4, 0.5) is 0 Å². The van der Waals surface area contributed by atoms with Gasteiger partial charge in [-0.3, -0.25) is 4.79 Å². The van der Waals surface area contributed by atoms with E-state index in [0.717, 1.165) is 12.0 Å². The van der Waals surface area contributed by atoms with Crippen LogP contribution in [0.15, 0.2) is 41.3 Å². The van der Waals surface area contributed by atoms with Crippen LogP contribution in [0.5, 0.6) is 5.75 Å². The molecule has 0 bridgehead atoms. The third kappa shape index (κ3) is 4.08. The van der Waals surface area contributed by atoms with E-state index in [4.69, 9.17) is 22.1 Å². The lowest BCUT2D eigenvalue weighted by Gasteiger charge is -2.07. The van der Waals surface area contributed by atoms with Crippen molar-refractivity contribution in [3.05, 3.63) is 57.5 Å². The molecule has 0 aliphatic rings. The summed E-state index contributed by atoms with van der Waals surface area (Å²) >= 11 is 5.91. The number of hydrogen-bond acceptors (Lipinski definition) is 4. The number of rotatable bonds is 6. The summed E-state index contributed by atoms with van der Waals surface area (Å²) in [7, 11) is 0. The average Bonchev–Trinajstić information content (AvgIpc) is 2.42. The van der Waals surface area contributed by atoms with Gasteiger partial charge in [-0.25, -0.2) is 4.68 Å². The first kappa shape index (κ1) is 14.6. The second-order valence-electron chi connectivity index (χ2n) is 4.31. The van der Waals surface area contributed by atoms with Crippen molar-refractivity contribution in [2.24, 2.45) is 5.73 Å². The highest BCUT2D eigenvalue weighted by atomic mass is 35.5. The normalized spacial score (nSPS) is 10.5. The number of hydrogen-bond donors (Lipinski definition) is 1. The predicted molar refractivity (Wildman–Crippen MR) is 78.2 cm³/mol. The molecule has 0 unspecified atom stereocenters. The molecular formula is C14H16ClN3O2. The molecule has 0 aliphatic heterocycles.